The average Bonchev–Trinajstić information content (AvgIpc) is 3.10. The van der Waals surface area contributed by atoms with Crippen molar-refractivity contribution in [2.75, 3.05) is 13.1 Å². The third-order valence-electron chi connectivity index (χ3n) is 4.47. The molecule has 1 aromatic carbocycles. The van der Waals surface area contributed by atoms with Gasteiger partial charge < -0.3 is 10.0 Å². The molecule has 1 fully saturated rings. The summed E-state index contributed by atoms with van der Waals surface area (Å²) in [5.41, 5.74) is -6.75. The number of rotatable bonds is 3. The number of β-amino-alcohol motifs (C(OH)–C–C–N with tert-alkyl or cyclic N) is 1. The van der Waals surface area contributed by atoms with E-state index < -0.39 is 65.6 Å². The third kappa shape index (κ3) is 4.71. The second-order valence-corrected chi connectivity index (χ2v) is 6.88. The number of amides is 1. The molecule has 0 bridgehead atoms. The molecule has 1 N–H and O–H groups in total. The van der Waals surface area contributed by atoms with Gasteiger partial charge in [0.1, 0.15) is 6.33 Å². The lowest BCUT2D eigenvalue weighted by atomic mass is 9.93. The Morgan fingerprint density at radius 3 is 1.97 bits per heavy atom. The van der Waals surface area contributed by atoms with Crippen molar-refractivity contribution in [2.45, 2.75) is 24.1 Å². The van der Waals surface area contributed by atoms with E-state index in [1.165, 1.54) is 0 Å². The highest BCUT2D eigenvalue weighted by molar-refractivity contribution is 5.91. The summed E-state index contributed by atoms with van der Waals surface area (Å²) in [6, 6.07) is 0.776. The van der Waals surface area contributed by atoms with E-state index in [-0.39, 0.29) is 6.07 Å². The second-order valence-electron chi connectivity index (χ2n) is 6.88. The third-order valence-corrected chi connectivity index (χ3v) is 4.47. The van der Waals surface area contributed by atoms with Crippen LogP contribution in [0, 0.1) is 0 Å². The minimum atomic E-state index is -5.07. The number of aromatic nitrogens is 3. The maximum atomic E-state index is 13.0. The van der Waals surface area contributed by atoms with Crippen LogP contribution in [0.1, 0.15) is 11.1 Å². The van der Waals surface area contributed by atoms with Gasteiger partial charge in [0, 0.05) is 17.8 Å². The number of hydrogen-bond acceptors (Lipinski definition) is 4. The molecule has 1 saturated heterocycles. The van der Waals surface area contributed by atoms with Crippen LogP contribution in [0.15, 0.2) is 30.6 Å². The number of hydrogen-bond donors (Lipinski definition) is 1. The first-order valence-electron chi connectivity index (χ1n) is 8.47. The van der Waals surface area contributed by atoms with Gasteiger partial charge in [0.25, 0.3) is 0 Å². The van der Waals surface area contributed by atoms with Crippen LogP contribution in [0.2, 0.25) is 0 Å². The number of carbonyl (C=O) groups excluding carboxylic acids is 1. The Hall–Kier alpha value is -3.10. The van der Waals surface area contributed by atoms with E-state index >= 15 is 0 Å². The van der Waals surface area contributed by atoms with Gasteiger partial charge in [0.05, 0.1) is 24.2 Å². The molecule has 0 spiro atoms. The molecule has 3 rings (SSSR count). The molecule has 32 heavy (non-hydrogen) atoms. The molecule has 1 aliphatic heterocycles. The molecular formula is C17H11F9N4O2. The van der Waals surface area contributed by atoms with E-state index in [9.17, 15) is 49.4 Å². The van der Waals surface area contributed by atoms with Crippen LogP contribution in [0.5, 0.6) is 0 Å². The summed E-state index contributed by atoms with van der Waals surface area (Å²) >= 11 is 0. The SMILES string of the molecule is O=C(/C=C\n1cnc(-c2cc(C(F)(F)F)cc(C(F)(F)F)c2)n1)N1CC(O)(C(F)(F)F)C1. The highest BCUT2D eigenvalue weighted by Gasteiger charge is 2.61. The molecular weight excluding hydrogens is 463 g/mol. The molecule has 174 valence electrons. The molecule has 6 nitrogen and oxygen atoms in total. The number of alkyl halides is 9. The molecule has 0 radical (unpaired) electrons. The fraction of sp³-hybridized carbons (Fsp3) is 0.353. The predicted octanol–water partition coefficient (Wildman–Crippen LogP) is 3.59. The first kappa shape index (κ1) is 23.6. The summed E-state index contributed by atoms with van der Waals surface area (Å²) in [6.07, 6.45) is -12.5. The minimum absolute atomic E-state index is 0.0612. The van der Waals surface area contributed by atoms with E-state index in [2.05, 4.69) is 10.1 Å². The number of nitrogens with zero attached hydrogens (tertiary/aromatic N) is 4. The first-order valence-corrected chi connectivity index (χ1v) is 8.47. The van der Waals surface area contributed by atoms with E-state index in [0.29, 0.717) is 17.0 Å². The van der Waals surface area contributed by atoms with Gasteiger partial charge >= 0.3 is 18.5 Å². The number of halogens is 9. The first-order chi connectivity index (χ1) is 14.5. The number of aliphatic hydroxyl groups is 1. The van der Waals surface area contributed by atoms with Crippen LogP contribution in [0.25, 0.3) is 17.6 Å². The quantitative estimate of drug-likeness (QED) is 0.546. The Bertz CT molecular complexity index is 1020. The zero-order valence-electron chi connectivity index (χ0n) is 15.4. The molecule has 0 atom stereocenters. The number of carbonyl (C=O) groups is 1. The normalized spacial score (nSPS) is 17.0. The summed E-state index contributed by atoms with van der Waals surface area (Å²) in [4.78, 5) is 16.1. The molecule has 2 aromatic rings. The van der Waals surface area contributed by atoms with E-state index in [0.717, 1.165) is 23.3 Å². The van der Waals surface area contributed by atoms with Crippen LogP contribution in [-0.2, 0) is 17.1 Å². The van der Waals surface area contributed by atoms with E-state index in [1.807, 2.05) is 0 Å². The second kappa shape index (κ2) is 7.50. The van der Waals surface area contributed by atoms with E-state index in [1.54, 1.807) is 0 Å². The van der Waals surface area contributed by atoms with E-state index in [4.69, 9.17) is 0 Å². The van der Waals surface area contributed by atoms with Crippen molar-refractivity contribution >= 4 is 12.1 Å². The van der Waals surface area contributed by atoms with Crippen LogP contribution < -0.4 is 0 Å². The molecule has 15 heteroatoms. The number of benzene rings is 1. The molecule has 1 amide bonds. The fourth-order valence-corrected chi connectivity index (χ4v) is 2.73. The van der Waals surface area contributed by atoms with Crippen molar-refractivity contribution in [1.29, 1.82) is 0 Å². The lowest BCUT2D eigenvalue weighted by molar-refractivity contribution is -0.296. The Kier molecular flexibility index (Phi) is 5.52. The Labute approximate surface area is 172 Å². The van der Waals surface area contributed by atoms with Crippen molar-refractivity contribution in [3.05, 3.63) is 41.7 Å². The van der Waals surface area contributed by atoms with Crippen molar-refractivity contribution in [1.82, 2.24) is 19.7 Å². The molecule has 0 unspecified atom stereocenters. The van der Waals surface area contributed by atoms with Crippen molar-refractivity contribution in [2.24, 2.45) is 0 Å². The minimum Gasteiger partial charge on any atom is -0.378 e. The number of likely N-dealkylation sites (tertiary alicyclic amines) is 1. The van der Waals surface area contributed by atoms with Gasteiger partial charge in [-0.2, -0.15) is 39.5 Å². The summed E-state index contributed by atoms with van der Waals surface area (Å²) in [5, 5.41) is 13.0. The zero-order chi connectivity index (χ0) is 24.1. The van der Waals surface area contributed by atoms with Gasteiger partial charge in [-0.25, -0.2) is 9.67 Å². The summed E-state index contributed by atoms with van der Waals surface area (Å²) in [5.74, 6) is -1.46. The largest absolute Gasteiger partial charge is 0.420 e. The van der Waals surface area contributed by atoms with Crippen molar-refractivity contribution < 1.29 is 49.4 Å². The van der Waals surface area contributed by atoms with Crippen molar-refractivity contribution in [3.8, 4) is 11.4 Å². The molecule has 0 saturated carbocycles. The average molecular weight is 474 g/mol. The van der Waals surface area contributed by atoms with Gasteiger partial charge in [-0.1, -0.05) is 0 Å². The lowest BCUT2D eigenvalue weighted by Gasteiger charge is -2.46. The summed E-state index contributed by atoms with van der Waals surface area (Å²) in [6.45, 7) is -1.99. The van der Waals surface area contributed by atoms with Gasteiger partial charge in [0.2, 0.25) is 5.91 Å². The summed E-state index contributed by atoms with van der Waals surface area (Å²) in [7, 11) is 0. The fourth-order valence-electron chi connectivity index (χ4n) is 2.73. The molecule has 1 aromatic heterocycles. The summed E-state index contributed by atoms with van der Waals surface area (Å²) < 4.78 is 116. The Morgan fingerprint density at radius 1 is 0.969 bits per heavy atom. The highest BCUT2D eigenvalue weighted by Crippen LogP contribution is 2.39. The van der Waals surface area contributed by atoms with Gasteiger partial charge in [0.15, 0.2) is 11.4 Å². The van der Waals surface area contributed by atoms with Crippen molar-refractivity contribution in [3.63, 3.8) is 0 Å². The Balaban J connectivity index is 1.78. The maximum Gasteiger partial charge on any atom is 0.420 e. The van der Waals surface area contributed by atoms with Gasteiger partial charge in [-0.05, 0) is 18.2 Å². The van der Waals surface area contributed by atoms with Gasteiger partial charge in [-0.3, -0.25) is 4.79 Å². The predicted molar refractivity (Wildman–Crippen MR) is 88.4 cm³/mol. The maximum absolute atomic E-state index is 13.0. The molecule has 1 aliphatic rings. The highest BCUT2D eigenvalue weighted by atomic mass is 19.4. The monoisotopic (exact) mass is 474 g/mol. The Morgan fingerprint density at radius 2 is 1.50 bits per heavy atom. The van der Waals surface area contributed by atoms with Crippen LogP contribution >= 0.6 is 0 Å². The van der Waals surface area contributed by atoms with Gasteiger partial charge in [-0.15, -0.1) is 5.10 Å². The van der Waals surface area contributed by atoms with Crippen LogP contribution in [0.3, 0.4) is 0 Å². The topological polar surface area (TPSA) is 71.2 Å². The molecule has 2 heterocycles. The standard InChI is InChI=1S/C17H11F9N4O2/c18-15(19,20)10-3-9(4-11(5-10)16(21,22)23)13-27-8-30(28-13)2-1-12(31)29-6-14(32,7-29)17(24,25)26/h1-5,8,32H,6-7H2/b2-1-. The molecule has 0 aliphatic carbocycles. The van der Waals surface area contributed by atoms with Crippen LogP contribution in [0.4, 0.5) is 39.5 Å². The van der Waals surface area contributed by atoms with Crippen LogP contribution in [-0.4, -0.2) is 55.5 Å². The smallest absolute Gasteiger partial charge is 0.378 e. The lowest BCUT2D eigenvalue weighted by Crippen LogP contribution is -2.70. The zero-order valence-corrected chi connectivity index (χ0v) is 15.4.